The molecule has 0 radical (unpaired) electrons. The van der Waals surface area contributed by atoms with Crippen LogP contribution < -0.4 is 5.73 Å². The largest absolute Gasteiger partial charge is 0.374 e. The molecule has 4 N–H and O–H groups in total. The number of aliphatic hydroxyl groups is 1. The highest BCUT2D eigenvalue weighted by Crippen LogP contribution is 2.36. The summed E-state index contributed by atoms with van der Waals surface area (Å²) in [4.78, 5) is 17.3. The molecule has 2 atom stereocenters. The van der Waals surface area contributed by atoms with Crippen molar-refractivity contribution >= 4 is 16.8 Å². The summed E-state index contributed by atoms with van der Waals surface area (Å²) in [6.07, 6.45) is 6.01. The van der Waals surface area contributed by atoms with Crippen LogP contribution >= 0.6 is 0 Å². The van der Waals surface area contributed by atoms with Gasteiger partial charge in [0.15, 0.2) is 0 Å². The predicted molar refractivity (Wildman–Crippen MR) is 108 cm³/mol. The maximum absolute atomic E-state index is 12.1. The van der Waals surface area contributed by atoms with Gasteiger partial charge < -0.3 is 20.7 Å². The van der Waals surface area contributed by atoms with Gasteiger partial charge in [-0.15, -0.1) is 0 Å². The van der Waals surface area contributed by atoms with Crippen LogP contribution in [0, 0.1) is 0 Å². The number of nitrogens with two attached hydrogens (primary N) is 1. The second-order valence-corrected chi connectivity index (χ2v) is 7.39. The van der Waals surface area contributed by atoms with E-state index in [4.69, 9.17) is 5.73 Å². The number of rotatable bonds is 4. The number of aliphatic hydroxyl groups excluding tert-OH is 1. The number of amides is 1. The molecule has 0 aliphatic carbocycles. The molecule has 1 aromatic carbocycles. The van der Waals surface area contributed by atoms with Crippen LogP contribution in [0.2, 0.25) is 0 Å². The van der Waals surface area contributed by atoms with Gasteiger partial charge in [0, 0.05) is 54.5 Å². The molecule has 28 heavy (non-hydrogen) atoms. The van der Waals surface area contributed by atoms with Crippen molar-refractivity contribution in [3.8, 4) is 11.3 Å². The molecule has 4 rings (SSSR count). The van der Waals surface area contributed by atoms with Crippen molar-refractivity contribution in [1.29, 1.82) is 0 Å². The SMILES string of the molecule is C=CC(=O)N1CCCC(c2ccc(C(N)O)c3[nH]c(-c4cnn(C)c4)cc23)C1. The minimum absolute atomic E-state index is 0.0277. The summed E-state index contributed by atoms with van der Waals surface area (Å²) < 4.78 is 1.75. The molecule has 1 fully saturated rings. The molecule has 7 nitrogen and oxygen atoms in total. The number of aromatic amines is 1. The molecule has 0 bridgehead atoms. The zero-order valence-electron chi connectivity index (χ0n) is 15.9. The summed E-state index contributed by atoms with van der Waals surface area (Å²) in [5.41, 5.74) is 10.3. The molecular weight excluding hydrogens is 354 g/mol. The summed E-state index contributed by atoms with van der Waals surface area (Å²) in [5, 5.41) is 15.3. The number of piperidine rings is 1. The Morgan fingerprint density at radius 1 is 1.50 bits per heavy atom. The molecule has 7 heteroatoms. The van der Waals surface area contributed by atoms with Gasteiger partial charge in [0.25, 0.3) is 0 Å². The standard InChI is InChI=1S/C21H25N5O2/c1-3-19(27)26-8-4-5-13(12-26)15-6-7-16(21(22)28)20-17(15)9-18(24-20)14-10-23-25(2)11-14/h3,6-7,9-11,13,21,24,28H,1,4-5,8,12,22H2,2H3. The van der Waals surface area contributed by atoms with Crippen LogP contribution in [0.1, 0.15) is 36.1 Å². The number of H-pyrrole nitrogens is 1. The van der Waals surface area contributed by atoms with Crippen molar-refractivity contribution in [2.75, 3.05) is 13.1 Å². The smallest absolute Gasteiger partial charge is 0.245 e. The predicted octanol–water partition coefficient (Wildman–Crippen LogP) is 2.41. The molecule has 1 amide bonds. The van der Waals surface area contributed by atoms with Crippen LogP contribution in [0.25, 0.3) is 22.2 Å². The number of hydrogen-bond acceptors (Lipinski definition) is 4. The van der Waals surface area contributed by atoms with Crippen LogP contribution in [-0.4, -0.2) is 43.8 Å². The van der Waals surface area contributed by atoms with Gasteiger partial charge in [-0.2, -0.15) is 5.10 Å². The number of likely N-dealkylation sites (tertiary alicyclic amines) is 1. The van der Waals surface area contributed by atoms with Crippen LogP contribution in [0.5, 0.6) is 0 Å². The number of carbonyl (C=O) groups excluding carboxylic acids is 1. The van der Waals surface area contributed by atoms with Crippen LogP contribution in [0.15, 0.2) is 43.2 Å². The maximum atomic E-state index is 12.1. The van der Waals surface area contributed by atoms with Crippen LogP contribution in [0.4, 0.5) is 0 Å². The lowest BCUT2D eigenvalue weighted by molar-refractivity contribution is -0.127. The number of carbonyl (C=O) groups is 1. The first-order valence-corrected chi connectivity index (χ1v) is 9.47. The van der Waals surface area contributed by atoms with E-state index in [-0.39, 0.29) is 11.8 Å². The van der Waals surface area contributed by atoms with E-state index in [1.165, 1.54) is 6.08 Å². The first kappa shape index (κ1) is 18.5. The highest BCUT2D eigenvalue weighted by molar-refractivity contribution is 5.92. The Bertz CT molecular complexity index is 1030. The highest BCUT2D eigenvalue weighted by atomic mass is 16.3. The van der Waals surface area contributed by atoms with E-state index in [2.05, 4.69) is 22.7 Å². The minimum Gasteiger partial charge on any atom is -0.374 e. The Kier molecular flexibility index (Phi) is 4.78. The van der Waals surface area contributed by atoms with Crippen molar-refractivity contribution in [2.45, 2.75) is 25.0 Å². The summed E-state index contributed by atoms with van der Waals surface area (Å²) >= 11 is 0. The Labute approximate surface area is 163 Å². The van der Waals surface area contributed by atoms with E-state index in [1.54, 1.807) is 10.9 Å². The van der Waals surface area contributed by atoms with E-state index in [1.807, 2.05) is 30.3 Å². The summed E-state index contributed by atoms with van der Waals surface area (Å²) in [7, 11) is 1.87. The van der Waals surface area contributed by atoms with Crippen LogP contribution in [0.3, 0.4) is 0 Å². The normalized spacial score (nSPS) is 18.4. The van der Waals surface area contributed by atoms with Gasteiger partial charge in [-0.25, -0.2) is 0 Å². The molecule has 1 saturated heterocycles. The average Bonchev–Trinajstić information content (AvgIpc) is 3.32. The van der Waals surface area contributed by atoms with Crippen LogP contribution in [-0.2, 0) is 11.8 Å². The monoisotopic (exact) mass is 379 g/mol. The first-order chi connectivity index (χ1) is 13.5. The highest BCUT2D eigenvalue weighted by Gasteiger charge is 2.26. The van der Waals surface area contributed by atoms with E-state index in [0.29, 0.717) is 12.1 Å². The molecule has 1 aliphatic heterocycles. The van der Waals surface area contributed by atoms with E-state index in [0.717, 1.165) is 47.1 Å². The molecule has 3 heterocycles. The third-order valence-electron chi connectivity index (χ3n) is 5.54. The van der Waals surface area contributed by atoms with Crippen molar-refractivity contribution in [3.05, 3.63) is 54.4 Å². The molecule has 0 saturated carbocycles. The number of aromatic nitrogens is 3. The number of aryl methyl sites for hydroxylation is 1. The van der Waals surface area contributed by atoms with Crippen molar-refractivity contribution in [3.63, 3.8) is 0 Å². The molecule has 3 aromatic rings. The van der Waals surface area contributed by atoms with Gasteiger partial charge in [0.05, 0.1) is 11.7 Å². The van der Waals surface area contributed by atoms with Gasteiger partial charge in [-0.05, 0) is 30.5 Å². The number of nitrogens with one attached hydrogen (secondary N) is 1. The minimum atomic E-state index is -1.07. The van der Waals surface area contributed by atoms with E-state index in [9.17, 15) is 9.90 Å². The molecule has 2 aromatic heterocycles. The lowest BCUT2D eigenvalue weighted by Crippen LogP contribution is -2.38. The van der Waals surface area contributed by atoms with Gasteiger partial charge in [-0.1, -0.05) is 18.7 Å². The first-order valence-electron chi connectivity index (χ1n) is 9.47. The third kappa shape index (κ3) is 3.23. The van der Waals surface area contributed by atoms with Gasteiger partial charge in [0.1, 0.15) is 6.23 Å². The fraction of sp³-hybridized carbons (Fsp3) is 0.333. The van der Waals surface area contributed by atoms with Crippen molar-refractivity contribution < 1.29 is 9.90 Å². The van der Waals surface area contributed by atoms with E-state index < -0.39 is 6.23 Å². The average molecular weight is 379 g/mol. The van der Waals surface area contributed by atoms with E-state index >= 15 is 0 Å². The third-order valence-corrected chi connectivity index (χ3v) is 5.54. The number of benzene rings is 1. The number of fused-ring (bicyclic) bond motifs is 1. The summed E-state index contributed by atoms with van der Waals surface area (Å²) in [5.74, 6) is 0.196. The zero-order chi connectivity index (χ0) is 19.8. The lowest BCUT2D eigenvalue weighted by atomic mass is 9.87. The van der Waals surface area contributed by atoms with Gasteiger partial charge in [-0.3, -0.25) is 9.48 Å². The summed E-state index contributed by atoms with van der Waals surface area (Å²) in [6.45, 7) is 5.03. The van der Waals surface area contributed by atoms with Gasteiger partial charge in [0.2, 0.25) is 5.91 Å². The quantitative estimate of drug-likeness (QED) is 0.479. The zero-order valence-corrected chi connectivity index (χ0v) is 15.9. The fourth-order valence-corrected chi connectivity index (χ4v) is 4.14. The molecule has 2 unspecified atom stereocenters. The van der Waals surface area contributed by atoms with Crippen molar-refractivity contribution in [2.24, 2.45) is 12.8 Å². The molecule has 1 aliphatic rings. The topological polar surface area (TPSA) is 100 Å². The Hall–Kier alpha value is -2.90. The second kappa shape index (κ2) is 7.26. The van der Waals surface area contributed by atoms with Crippen molar-refractivity contribution in [1.82, 2.24) is 19.7 Å². The second-order valence-electron chi connectivity index (χ2n) is 7.39. The lowest BCUT2D eigenvalue weighted by Gasteiger charge is -2.33. The Morgan fingerprint density at radius 2 is 2.32 bits per heavy atom. The van der Waals surface area contributed by atoms with Gasteiger partial charge >= 0.3 is 0 Å². The summed E-state index contributed by atoms with van der Waals surface area (Å²) in [6, 6.07) is 5.99. The molecule has 0 spiro atoms. The Morgan fingerprint density at radius 3 is 3.00 bits per heavy atom. The molecular formula is C21H25N5O2. The maximum Gasteiger partial charge on any atom is 0.245 e. The Balaban J connectivity index is 1.80. The number of hydrogen-bond donors (Lipinski definition) is 3. The number of nitrogens with zero attached hydrogens (tertiary/aromatic N) is 3. The molecule has 146 valence electrons. The fourth-order valence-electron chi connectivity index (χ4n) is 4.14.